The molecular weight excluding hydrogens is 312 g/mol. The largest absolute Gasteiger partial charge is 0.349 e. The minimum absolute atomic E-state index is 0.00467. The minimum atomic E-state index is -0.204. The third kappa shape index (κ3) is 3.43. The average molecular weight is 336 g/mol. The minimum Gasteiger partial charge on any atom is -0.349 e. The van der Waals surface area contributed by atoms with Crippen LogP contribution in [-0.2, 0) is 16.0 Å². The Kier molecular flexibility index (Phi) is 4.62. The Bertz CT molecular complexity index is 811. The molecule has 2 atom stereocenters. The van der Waals surface area contributed by atoms with Gasteiger partial charge in [-0.05, 0) is 43.5 Å². The van der Waals surface area contributed by atoms with Crippen LogP contribution in [0.5, 0.6) is 0 Å². The van der Waals surface area contributed by atoms with Crippen molar-refractivity contribution in [2.75, 3.05) is 11.9 Å². The Morgan fingerprint density at radius 1 is 1.08 bits per heavy atom. The molecular formula is C21H24N2O2. The first-order chi connectivity index (χ1) is 11.9. The Morgan fingerprint density at radius 2 is 1.72 bits per heavy atom. The SMILES string of the molecule is Cc1ccc(C(C)C(=O)NC(C)c2ccc3c(c2)CC(=O)N3C)cc1. The molecule has 1 N–H and O–H groups in total. The lowest BCUT2D eigenvalue weighted by Crippen LogP contribution is -2.30. The molecule has 25 heavy (non-hydrogen) atoms. The highest BCUT2D eigenvalue weighted by Crippen LogP contribution is 2.30. The van der Waals surface area contributed by atoms with Gasteiger partial charge in [0.05, 0.1) is 18.4 Å². The van der Waals surface area contributed by atoms with E-state index in [9.17, 15) is 9.59 Å². The second-order valence-electron chi connectivity index (χ2n) is 6.88. The van der Waals surface area contributed by atoms with Crippen molar-refractivity contribution >= 4 is 17.5 Å². The van der Waals surface area contributed by atoms with Crippen LogP contribution in [0, 0.1) is 6.92 Å². The second-order valence-corrected chi connectivity index (χ2v) is 6.88. The number of hydrogen-bond donors (Lipinski definition) is 1. The van der Waals surface area contributed by atoms with Crippen molar-refractivity contribution in [3.63, 3.8) is 0 Å². The van der Waals surface area contributed by atoms with E-state index in [1.165, 1.54) is 5.56 Å². The van der Waals surface area contributed by atoms with Crippen LogP contribution in [0.4, 0.5) is 5.69 Å². The number of nitrogens with one attached hydrogen (secondary N) is 1. The molecule has 130 valence electrons. The monoisotopic (exact) mass is 336 g/mol. The van der Waals surface area contributed by atoms with Crippen molar-refractivity contribution in [1.29, 1.82) is 0 Å². The molecule has 2 unspecified atom stereocenters. The lowest BCUT2D eigenvalue weighted by Gasteiger charge is -2.19. The summed E-state index contributed by atoms with van der Waals surface area (Å²) in [7, 11) is 1.79. The van der Waals surface area contributed by atoms with E-state index in [0.29, 0.717) is 6.42 Å². The van der Waals surface area contributed by atoms with Crippen molar-refractivity contribution in [3.8, 4) is 0 Å². The number of anilines is 1. The van der Waals surface area contributed by atoms with Crippen molar-refractivity contribution < 1.29 is 9.59 Å². The van der Waals surface area contributed by atoms with Gasteiger partial charge >= 0.3 is 0 Å². The summed E-state index contributed by atoms with van der Waals surface area (Å²) in [5.41, 5.74) is 5.20. The number of likely N-dealkylation sites (N-methyl/N-ethyl adjacent to an activating group) is 1. The predicted octanol–water partition coefficient (Wildman–Crippen LogP) is 3.49. The van der Waals surface area contributed by atoms with E-state index in [0.717, 1.165) is 22.4 Å². The summed E-state index contributed by atoms with van der Waals surface area (Å²) in [6, 6.07) is 13.9. The highest BCUT2D eigenvalue weighted by molar-refractivity contribution is 6.01. The van der Waals surface area contributed by atoms with Gasteiger partial charge in [-0.2, -0.15) is 0 Å². The Balaban J connectivity index is 1.71. The molecule has 0 saturated carbocycles. The molecule has 0 saturated heterocycles. The molecule has 2 aromatic rings. The number of fused-ring (bicyclic) bond motifs is 1. The molecule has 4 heteroatoms. The zero-order valence-corrected chi connectivity index (χ0v) is 15.2. The summed E-state index contributed by atoms with van der Waals surface area (Å²) < 4.78 is 0. The number of nitrogens with zero attached hydrogens (tertiary/aromatic N) is 1. The Hall–Kier alpha value is -2.62. The van der Waals surface area contributed by atoms with E-state index in [4.69, 9.17) is 0 Å². The first-order valence-corrected chi connectivity index (χ1v) is 8.63. The van der Waals surface area contributed by atoms with Crippen LogP contribution in [-0.4, -0.2) is 18.9 Å². The number of benzene rings is 2. The molecule has 1 aliphatic heterocycles. The van der Waals surface area contributed by atoms with Crippen LogP contribution >= 0.6 is 0 Å². The van der Waals surface area contributed by atoms with Crippen molar-refractivity contribution in [2.45, 2.75) is 39.2 Å². The highest BCUT2D eigenvalue weighted by Gasteiger charge is 2.25. The molecule has 0 aromatic heterocycles. The maximum Gasteiger partial charge on any atom is 0.231 e. The number of rotatable bonds is 4. The normalized spacial score (nSPS) is 15.7. The van der Waals surface area contributed by atoms with E-state index >= 15 is 0 Å². The lowest BCUT2D eigenvalue weighted by molar-refractivity contribution is -0.123. The predicted molar refractivity (Wildman–Crippen MR) is 99.7 cm³/mol. The molecule has 0 spiro atoms. The van der Waals surface area contributed by atoms with Crippen LogP contribution < -0.4 is 10.2 Å². The van der Waals surface area contributed by atoms with E-state index < -0.39 is 0 Å². The van der Waals surface area contributed by atoms with Crippen molar-refractivity contribution in [1.82, 2.24) is 5.32 Å². The summed E-state index contributed by atoms with van der Waals surface area (Å²) in [6.45, 7) is 5.93. The molecule has 0 radical (unpaired) electrons. The van der Waals surface area contributed by atoms with Crippen LogP contribution in [0.15, 0.2) is 42.5 Å². The number of carbonyl (C=O) groups is 2. The molecule has 1 aliphatic rings. The molecule has 0 aliphatic carbocycles. The van der Waals surface area contributed by atoms with Crippen molar-refractivity contribution in [3.05, 3.63) is 64.7 Å². The molecule has 0 bridgehead atoms. The van der Waals surface area contributed by atoms with Gasteiger partial charge in [-0.25, -0.2) is 0 Å². The first kappa shape index (κ1) is 17.2. The maximum atomic E-state index is 12.6. The van der Waals surface area contributed by atoms with Crippen molar-refractivity contribution in [2.24, 2.45) is 0 Å². The van der Waals surface area contributed by atoms with Gasteiger partial charge in [0.15, 0.2) is 0 Å². The number of carbonyl (C=O) groups excluding carboxylic acids is 2. The second kappa shape index (κ2) is 6.71. The Morgan fingerprint density at radius 3 is 2.40 bits per heavy atom. The first-order valence-electron chi connectivity index (χ1n) is 8.63. The topological polar surface area (TPSA) is 49.4 Å². The molecule has 0 fully saturated rings. The van der Waals surface area contributed by atoms with E-state index in [1.807, 2.05) is 63.2 Å². The fourth-order valence-electron chi connectivity index (χ4n) is 3.19. The van der Waals surface area contributed by atoms with Gasteiger partial charge in [-0.1, -0.05) is 42.0 Å². The van der Waals surface area contributed by atoms with E-state index in [1.54, 1.807) is 11.9 Å². The third-order valence-corrected chi connectivity index (χ3v) is 5.01. The van der Waals surface area contributed by atoms with Gasteiger partial charge in [0.1, 0.15) is 0 Å². The van der Waals surface area contributed by atoms with Crippen LogP contribution in [0.1, 0.15) is 48.1 Å². The highest BCUT2D eigenvalue weighted by atomic mass is 16.2. The number of amides is 2. The molecule has 3 rings (SSSR count). The van der Waals surface area contributed by atoms with Crippen LogP contribution in [0.2, 0.25) is 0 Å². The molecule has 2 amide bonds. The average Bonchev–Trinajstić information content (AvgIpc) is 2.88. The van der Waals surface area contributed by atoms with Gasteiger partial charge in [0.2, 0.25) is 11.8 Å². The molecule has 1 heterocycles. The van der Waals surface area contributed by atoms with Crippen LogP contribution in [0.25, 0.3) is 0 Å². The number of aryl methyl sites for hydroxylation is 1. The summed E-state index contributed by atoms with van der Waals surface area (Å²) in [4.78, 5) is 26.1. The van der Waals surface area contributed by atoms with Gasteiger partial charge in [-0.3, -0.25) is 9.59 Å². The summed E-state index contributed by atoms with van der Waals surface area (Å²) in [5.74, 6) is -0.0907. The molecule has 2 aromatic carbocycles. The van der Waals surface area contributed by atoms with Gasteiger partial charge < -0.3 is 10.2 Å². The Labute approximate surface area is 148 Å². The summed E-state index contributed by atoms with van der Waals surface area (Å²) in [6.07, 6.45) is 0.431. The van der Waals surface area contributed by atoms with Gasteiger partial charge in [0.25, 0.3) is 0 Å². The number of hydrogen-bond acceptors (Lipinski definition) is 2. The van der Waals surface area contributed by atoms with E-state index in [2.05, 4.69) is 5.32 Å². The molecule has 4 nitrogen and oxygen atoms in total. The lowest BCUT2D eigenvalue weighted by atomic mass is 9.98. The zero-order chi connectivity index (χ0) is 18.1. The third-order valence-electron chi connectivity index (χ3n) is 5.01. The van der Waals surface area contributed by atoms with E-state index in [-0.39, 0.29) is 23.8 Å². The van der Waals surface area contributed by atoms with Gasteiger partial charge in [-0.15, -0.1) is 0 Å². The fourth-order valence-corrected chi connectivity index (χ4v) is 3.19. The smallest absolute Gasteiger partial charge is 0.231 e. The summed E-state index contributed by atoms with van der Waals surface area (Å²) >= 11 is 0. The fraction of sp³-hybridized carbons (Fsp3) is 0.333. The standard InChI is InChI=1S/C21H24N2O2/c1-13-5-7-16(8-6-13)14(2)21(25)22-15(3)17-9-10-19-18(11-17)12-20(24)23(19)4/h5-11,14-15H,12H2,1-4H3,(H,22,25). The zero-order valence-electron chi connectivity index (χ0n) is 15.2. The summed E-state index contributed by atoms with van der Waals surface area (Å²) in [5, 5.41) is 3.09. The maximum absolute atomic E-state index is 12.6. The van der Waals surface area contributed by atoms with Crippen LogP contribution in [0.3, 0.4) is 0 Å². The quantitative estimate of drug-likeness (QED) is 0.929. The van der Waals surface area contributed by atoms with Gasteiger partial charge in [0, 0.05) is 12.7 Å².